The number of aliphatic hydroxyl groups is 1. The fraction of sp³-hybridized carbons (Fsp3) is 0.571. The molecule has 1 aromatic carbocycles. The van der Waals surface area contributed by atoms with E-state index < -0.39 is 13.7 Å². The molecule has 0 aliphatic rings. The van der Waals surface area contributed by atoms with Crippen LogP contribution in [-0.2, 0) is 15.5 Å². The molecule has 0 heterocycles. The van der Waals surface area contributed by atoms with Crippen molar-refractivity contribution in [2.75, 3.05) is 6.16 Å². The predicted molar refractivity (Wildman–Crippen MR) is 76.4 cm³/mol. The molecule has 0 saturated carbocycles. The van der Waals surface area contributed by atoms with E-state index in [0.29, 0.717) is 12.0 Å². The third-order valence-corrected chi connectivity index (χ3v) is 4.63. The number of hydrogen-bond acceptors (Lipinski definition) is 3. The molecule has 6 heteroatoms. The van der Waals surface area contributed by atoms with Crippen LogP contribution >= 0.6 is 7.60 Å². The van der Waals surface area contributed by atoms with E-state index in [-0.39, 0.29) is 24.5 Å². The van der Waals surface area contributed by atoms with E-state index in [0.717, 1.165) is 5.56 Å². The quantitative estimate of drug-likeness (QED) is 0.760. The number of rotatable bonds is 7. The van der Waals surface area contributed by atoms with Gasteiger partial charge in [-0.2, -0.15) is 0 Å². The molecular weight excluding hydrogens is 282 g/mol. The van der Waals surface area contributed by atoms with Crippen LogP contribution in [0.1, 0.15) is 31.4 Å². The first kappa shape index (κ1) is 17.3. The molecule has 3 unspecified atom stereocenters. The summed E-state index contributed by atoms with van der Waals surface area (Å²) >= 11 is 0. The molecule has 0 bridgehead atoms. The summed E-state index contributed by atoms with van der Waals surface area (Å²) in [5, 5.41) is 9.88. The Kier molecular flexibility index (Phi) is 6.34. The minimum Gasteiger partial charge on any atom is -0.392 e. The monoisotopic (exact) mass is 304 g/mol. The van der Waals surface area contributed by atoms with Crippen molar-refractivity contribution in [3.05, 3.63) is 35.1 Å². The van der Waals surface area contributed by atoms with E-state index in [1.165, 1.54) is 6.07 Å². The molecule has 0 fully saturated rings. The first-order chi connectivity index (χ1) is 9.23. The number of aryl methyl sites for hydroxylation is 1. The molecule has 20 heavy (non-hydrogen) atoms. The number of hydrogen-bond donors (Lipinski definition) is 2. The van der Waals surface area contributed by atoms with Crippen molar-refractivity contribution >= 4 is 7.60 Å². The number of aliphatic hydroxyl groups excluding tert-OH is 1. The van der Waals surface area contributed by atoms with Gasteiger partial charge in [0.2, 0.25) is 0 Å². The molecule has 0 aromatic heterocycles. The van der Waals surface area contributed by atoms with Crippen LogP contribution in [0.15, 0.2) is 18.2 Å². The van der Waals surface area contributed by atoms with Crippen LogP contribution in [0.3, 0.4) is 0 Å². The molecule has 0 spiro atoms. The lowest BCUT2D eigenvalue weighted by atomic mass is 10.1. The summed E-state index contributed by atoms with van der Waals surface area (Å²) in [5.74, 6) is -0.309. The van der Waals surface area contributed by atoms with Crippen molar-refractivity contribution in [3.63, 3.8) is 0 Å². The van der Waals surface area contributed by atoms with Gasteiger partial charge < -0.3 is 14.5 Å². The van der Waals surface area contributed by atoms with Crippen molar-refractivity contribution in [2.45, 2.75) is 45.8 Å². The number of benzene rings is 1. The van der Waals surface area contributed by atoms with Gasteiger partial charge in [-0.05, 0) is 43.9 Å². The van der Waals surface area contributed by atoms with Crippen molar-refractivity contribution in [2.24, 2.45) is 0 Å². The Morgan fingerprint density at radius 3 is 2.65 bits per heavy atom. The summed E-state index contributed by atoms with van der Waals surface area (Å²) in [5.41, 5.74) is 1.21. The van der Waals surface area contributed by atoms with Crippen LogP contribution in [0.4, 0.5) is 4.39 Å². The molecule has 0 saturated heterocycles. The molecule has 2 N–H and O–H groups in total. The zero-order chi connectivity index (χ0) is 15.3. The summed E-state index contributed by atoms with van der Waals surface area (Å²) in [4.78, 5) is 9.68. The van der Waals surface area contributed by atoms with Crippen LogP contribution in [-0.4, -0.2) is 28.4 Å². The molecule has 0 amide bonds. The highest BCUT2D eigenvalue weighted by Crippen LogP contribution is 2.44. The average Bonchev–Trinajstić information content (AvgIpc) is 2.32. The second kappa shape index (κ2) is 7.32. The zero-order valence-electron chi connectivity index (χ0n) is 12.0. The molecule has 4 nitrogen and oxygen atoms in total. The molecule has 0 radical (unpaired) electrons. The van der Waals surface area contributed by atoms with Gasteiger partial charge in [-0.3, -0.25) is 4.57 Å². The third kappa shape index (κ3) is 5.71. The second-order valence-corrected chi connectivity index (χ2v) is 6.94. The van der Waals surface area contributed by atoms with Crippen molar-refractivity contribution in [3.8, 4) is 0 Å². The van der Waals surface area contributed by atoms with Gasteiger partial charge in [0.25, 0.3) is 0 Å². The van der Waals surface area contributed by atoms with Crippen molar-refractivity contribution < 1.29 is 23.5 Å². The first-order valence-corrected chi connectivity index (χ1v) is 8.43. The number of halogens is 1. The third-order valence-electron chi connectivity index (χ3n) is 3.05. The summed E-state index contributed by atoms with van der Waals surface area (Å²) < 4.78 is 30.0. The Balaban J connectivity index is 2.60. The van der Waals surface area contributed by atoms with Gasteiger partial charge in [0.15, 0.2) is 0 Å². The van der Waals surface area contributed by atoms with Crippen LogP contribution in [0, 0.1) is 12.7 Å². The average molecular weight is 304 g/mol. The van der Waals surface area contributed by atoms with Gasteiger partial charge in [0, 0.05) is 0 Å². The maximum atomic E-state index is 13.1. The van der Waals surface area contributed by atoms with E-state index in [2.05, 4.69) is 0 Å². The Labute approximate surface area is 119 Å². The molecule has 0 aliphatic carbocycles. The van der Waals surface area contributed by atoms with E-state index in [1.807, 2.05) is 6.92 Å². The smallest absolute Gasteiger partial charge is 0.330 e. The van der Waals surface area contributed by atoms with Gasteiger partial charge in [-0.15, -0.1) is 0 Å². The summed E-state index contributed by atoms with van der Waals surface area (Å²) in [6.45, 7) is 5.19. The van der Waals surface area contributed by atoms with Crippen molar-refractivity contribution in [1.29, 1.82) is 0 Å². The second-order valence-electron chi connectivity index (χ2n) is 5.09. The lowest BCUT2D eigenvalue weighted by molar-refractivity contribution is 0.157. The Morgan fingerprint density at radius 2 is 2.10 bits per heavy atom. The van der Waals surface area contributed by atoms with Crippen LogP contribution < -0.4 is 0 Å². The molecule has 3 atom stereocenters. The molecule has 114 valence electrons. The summed E-state index contributed by atoms with van der Waals surface area (Å²) in [6.07, 6.45) is -0.841. The highest BCUT2D eigenvalue weighted by molar-refractivity contribution is 7.52. The van der Waals surface area contributed by atoms with Gasteiger partial charge in [-0.1, -0.05) is 19.1 Å². The fourth-order valence-corrected chi connectivity index (χ4v) is 3.29. The van der Waals surface area contributed by atoms with Gasteiger partial charge in [0.1, 0.15) is 5.82 Å². The Hall–Kier alpha value is -0.740. The molecular formula is C14H22FO4P. The van der Waals surface area contributed by atoms with E-state index >= 15 is 0 Å². The van der Waals surface area contributed by atoms with E-state index in [9.17, 15) is 19.0 Å². The van der Waals surface area contributed by atoms with Crippen LogP contribution in [0.2, 0.25) is 0 Å². The lowest BCUT2D eigenvalue weighted by Gasteiger charge is -2.19. The fourth-order valence-electron chi connectivity index (χ4n) is 1.84. The topological polar surface area (TPSA) is 66.8 Å². The molecule has 1 rings (SSSR count). The Morgan fingerprint density at radius 1 is 1.45 bits per heavy atom. The molecule has 0 aliphatic heterocycles. The minimum absolute atomic E-state index is 0.190. The highest BCUT2D eigenvalue weighted by Gasteiger charge is 2.26. The SMILES string of the molecule is CCC(C)OP(=O)(O)CC(O)Cc1ccc(F)c(C)c1. The first-order valence-electron chi connectivity index (χ1n) is 6.67. The van der Waals surface area contributed by atoms with Gasteiger partial charge in [0.05, 0.1) is 18.4 Å². The maximum absolute atomic E-state index is 13.1. The lowest BCUT2D eigenvalue weighted by Crippen LogP contribution is -2.18. The van der Waals surface area contributed by atoms with E-state index in [1.54, 1.807) is 26.0 Å². The largest absolute Gasteiger partial charge is 0.392 e. The summed E-state index contributed by atoms with van der Waals surface area (Å²) in [7, 11) is -3.80. The Bertz CT molecular complexity index is 492. The van der Waals surface area contributed by atoms with E-state index in [4.69, 9.17) is 4.52 Å². The van der Waals surface area contributed by atoms with Crippen molar-refractivity contribution in [1.82, 2.24) is 0 Å². The van der Waals surface area contributed by atoms with Crippen LogP contribution in [0.5, 0.6) is 0 Å². The highest BCUT2D eigenvalue weighted by atomic mass is 31.2. The summed E-state index contributed by atoms with van der Waals surface area (Å²) in [6, 6.07) is 4.51. The zero-order valence-corrected chi connectivity index (χ0v) is 12.9. The van der Waals surface area contributed by atoms with Gasteiger partial charge in [-0.25, -0.2) is 4.39 Å². The molecule has 1 aromatic rings. The van der Waals surface area contributed by atoms with Crippen LogP contribution in [0.25, 0.3) is 0 Å². The maximum Gasteiger partial charge on any atom is 0.330 e. The predicted octanol–water partition coefficient (Wildman–Crippen LogP) is 3.04. The standard InChI is InChI=1S/C14H22FO4P/c1-4-11(3)19-20(17,18)9-13(16)8-12-5-6-14(15)10(2)7-12/h5-7,11,13,16H,4,8-9H2,1-3H3,(H,17,18). The minimum atomic E-state index is -3.80. The normalized spacial score (nSPS) is 17.5. The van der Waals surface area contributed by atoms with Gasteiger partial charge >= 0.3 is 7.60 Å².